The van der Waals surface area contributed by atoms with Gasteiger partial charge >= 0.3 is 11.9 Å². The summed E-state index contributed by atoms with van der Waals surface area (Å²) in [6, 6.07) is 13.8. The third-order valence-corrected chi connectivity index (χ3v) is 3.74. The number of methoxy groups -OCH3 is 1. The molecule has 126 valence electrons. The van der Waals surface area contributed by atoms with Crippen LogP contribution in [0.2, 0.25) is 0 Å². The molecule has 0 bridgehead atoms. The lowest BCUT2D eigenvalue weighted by Gasteiger charge is -2.06. The van der Waals surface area contributed by atoms with Gasteiger partial charge in [0.1, 0.15) is 5.75 Å². The van der Waals surface area contributed by atoms with Crippen molar-refractivity contribution in [2.75, 3.05) is 7.11 Å². The number of hydrogen-bond acceptors (Lipinski definition) is 4. The topological polar surface area (TPSA) is 52.6 Å². The second-order valence-electron chi connectivity index (χ2n) is 5.56. The highest BCUT2D eigenvalue weighted by molar-refractivity contribution is 5.92. The summed E-state index contributed by atoms with van der Waals surface area (Å²) in [5.74, 6) is -0.452. The molecule has 0 heterocycles. The zero-order valence-electron chi connectivity index (χ0n) is 14.1. The highest BCUT2D eigenvalue weighted by Gasteiger charge is 2.10. The van der Waals surface area contributed by atoms with Gasteiger partial charge < -0.3 is 9.47 Å². The monoisotopic (exact) mass is 326 g/mol. The van der Waals surface area contributed by atoms with Crippen molar-refractivity contribution in [3.8, 4) is 5.75 Å². The summed E-state index contributed by atoms with van der Waals surface area (Å²) in [4.78, 5) is 23.5. The van der Waals surface area contributed by atoms with Gasteiger partial charge in [-0.25, -0.2) is 9.59 Å². The van der Waals surface area contributed by atoms with Crippen LogP contribution in [0.5, 0.6) is 5.75 Å². The van der Waals surface area contributed by atoms with E-state index in [4.69, 9.17) is 4.74 Å². The van der Waals surface area contributed by atoms with Gasteiger partial charge in [-0.2, -0.15) is 0 Å². The van der Waals surface area contributed by atoms with Crippen molar-refractivity contribution in [1.29, 1.82) is 0 Å². The van der Waals surface area contributed by atoms with Crippen molar-refractivity contribution in [3.63, 3.8) is 0 Å². The van der Waals surface area contributed by atoms with Gasteiger partial charge in [-0.05, 0) is 54.8 Å². The quantitative estimate of drug-likeness (QED) is 0.429. The Labute approximate surface area is 142 Å². The predicted molar refractivity (Wildman–Crippen MR) is 92.4 cm³/mol. The Morgan fingerprint density at radius 3 is 2.00 bits per heavy atom. The third kappa shape index (κ3) is 4.95. The average Bonchev–Trinajstić information content (AvgIpc) is 2.62. The smallest absolute Gasteiger partial charge is 0.343 e. The van der Waals surface area contributed by atoms with Crippen LogP contribution in [0.15, 0.2) is 48.5 Å². The Bertz CT molecular complexity index is 672. The van der Waals surface area contributed by atoms with Gasteiger partial charge in [0.05, 0.1) is 18.2 Å². The molecule has 0 aliphatic rings. The molecular weight excluding hydrogens is 304 g/mol. The van der Waals surface area contributed by atoms with Gasteiger partial charge in [-0.3, -0.25) is 0 Å². The van der Waals surface area contributed by atoms with Crippen LogP contribution in [0.3, 0.4) is 0 Å². The van der Waals surface area contributed by atoms with E-state index in [1.54, 1.807) is 36.4 Å². The number of carbonyl (C=O) groups excluding carboxylic acids is 2. The van der Waals surface area contributed by atoms with Gasteiger partial charge in [0.25, 0.3) is 0 Å². The maximum Gasteiger partial charge on any atom is 0.343 e. The highest BCUT2D eigenvalue weighted by atomic mass is 16.5. The number of ether oxygens (including phenoxy) is 2. The second-order valence-corrected chi connectivity index (χ2v) is 5.56. The molecule has 0 saturated carbocycles. The lowest BCUT2D eigenvalue weighted by molar-refractivity contribution is 0.0600. The van der Waals surface area contributed by atoms with E-state index in [1.165, 1.54) is 25.5 Å². The molecule has 0 aliphatic heterocycles. The van der Waals surface area contributed by atoms with Gasteiger partial charge in [0.2, 0.25) is 0 Å². The van der Waals surface area contributed by atoms with Crippen LogP contribution in [0.1, 0.15) is 52.5 Å². The van der Waals surface area contributed by atoms with Crippen LogP contribution < -0.4 is 4.74 Å². The first-order chi connectivity index (χ1) is 11.6. The molecule has 2 aromatic rings. The molecule has 0 spiro atoms. The van der Waals surface area contributed by atoms with Crippen molar-refractivity contribution in [3.05, 3.63) is 65.2 Å². The van der Waals surface area contributed by atoms with Crippen molar-refractivity contribution in [1.82, 2.24) is 0 Å². The molecule has 0 saturated heterocycles. The lowest BCUT2D eigenvalue weighted by atomic mass is 10.1. The van der Waals surface area contributed by atoms with Gasteiger partial charge in [-0.1, -0.05) is 31.9 Å². The fourth-order valence-corrected chi connectivity index (χ4v) is 2.33. The number of esters is 2. The van der Waals surface area contributed by atoms with E-state index in [0.29, 0.717) is 16.9 Å². The van der Waals surface area contributed by atoms with E-state index in [0.717, 1.165) is 12.8 Å². The van der Waals surface area contributed by atoms with Crippen molar-refractivity contribution in [2.45, 2.75) is 32.6 Å². The standard InChI is InChI=1S/C20H22O4/c1-3-4-5-6-15-7-9-17(10-8-15)20(22)24-18-13-11-16(12-14-18)19(21)23-2/h7-14H,3-6H2,1-2H3. The molecule has 0 amide bonds. The summed E-state index contributed by atoms with van der Waals surface area (Å²) in [7, 11) is 1.32. The summed E-state index contributed by atoms with van der Waals surface area (Å²) in [5, 5.41) is 0. The molecule has 4 heteroatoms. The van der Waals surface area contributed by atoms with Gasteiger partial charge in [0, 0.05) is 0 Å². The van der Waals surface area contributed by atoms with E-state index in [9.17, 15) is 9.59 Å². The summed E-state index contributed by atoms with van der Waals surface area (Å²) in [6.07, 6.45) is 4.59. The molecule has 0 aromatic heterocycles. The molecule has 4 nitrogen and oxygen atoms in total. The van der Waals surface area contributed by atoms with Crippen LogP contribution in [0.4, 0.5) is 0 Å². The fourth-order valence-electron chi connectivity index (χ4n) is 2.33. The van der Waals surface area contributed by atoms with Crippen molar-refractivity contribution in [2.24, 2.45) is 0 Å². The number of aryl methyl sites for hydroxylation is 1. The SMILES string of the molecule is CCCCCc1ccc(C(=O)Oc2ccc(C(=O)OC)cc2)cc1. The molecule has 0 aliphatic carbocycles. The maximum atomic E-state index is 12.1. The van der Waals surface area contributed by atoms with E-state index in [1.807, 2.05) is 12.1 Å². The minimum atomic E-state index is -0.425. The number of hydrogen-bond donors (Lipinski definition) is 0. The Hall–Kier alpha value is -2.62. The Morgan fingerprint density at radius 1 is 0.833 bits per heavy atom. The number of rotatable bonds is 7. The first-order valence-electron chi connectivity index (χ1n) is 8.13. The summed E-state index contributed by atoms with van der Waals surface area (Å²) in [6.45, 7) is 2.18. The molecule has 0 radical (unpaired) electrons. The molecule has 24 heavy (non-hydrogen) atoms. The second kappa shape index (κ2) is 8.87. The normalized spacial score (nSPS) is 10.2. The Balaban J connectivity index is 1.95. The van der Waals surface area contributed by atoms with Crippen molar-refractivity contribution >= 4 is 11.9 Å². The van der Waals surface area contributed by atoms with Crippen LogP contribution >= 0.6 is 0 Å². The minimum Gasteiger partial charge on any atom is -0.465 e. The molecule has 0 unspecified atom stereocenters. The predicted octanol–water partition coefficient (Wildman–Crippen LogP) is 4.43. The first-order valence-corrected chi connectivity index (χ1v) is 8.13. The Morgan fingerprint density at radius 2 is 1.42 bits per heavy atom. The van der Waals surface area contributed by atoms with Crippen molar-refractivity contribution < 1.29 is 19.1 Å². The molecule has 0 N–H and O–H groups in total. The molecule has 2 aromatic carbocycles. The largest absolute Gasteiger partial charge is 0.465 e. The van der Waals surface area contributed by atoms with Crippen LogP contribution in [0.25, 0.3) is 0 Å². The Kier molecular flexibility index (Phi) is 6.55. The zero-order valence-corrected chi connectivity index (χ0v) is 14.1. The van der Waals surface area contributed by atoms with E-state index in [-0.39, 0.29) is 0 Å². The zero-order chi connectivity index (χ0) is 17.4. The number of benzene rings is 2. The maximum absolute atomic E-state index is 12.1. The van der Waals surface area contributed by atoms with Gasteiger partial charge in [0.15, 0.2) is 0 Å². The average molecular weight is 326 g/mol. The summed E-state index contributed by atoms with van der Waals surface area (Å²) >= 11 is 0. The molecule has 0 fully saturated rings. The minimum absolute atomic E-state index is 0.389. The summed E-state index contributed by atoms with van der Waals surface area (Å²) < 4.78 is 9.94. The number of carbonyl (C=O) groups is 2. The van der Waals surface area contributed by atoms with Crippen LogP contribution in [-0.2, 0) is 11.2 Å². The molecule has 0 atom stereocenters. The van der Waals surface area contributed by atoms with E-state index in [2.05, 4.69) is 11.7 Å². The van der Waals surface area contributed by atoms with Crippen LogP contribution in [-0.4, -0.2) is 19.0 Å². The fraction of sp³-hybridized carbons (Fsp3) is 0.300. The van der Waals surface area contributed by atoms with Crippen LogP contribution in [0, 0.1) is 0 Å². The molecule has 2 rings (SSSR count). The lowest BCUT2D eigenvalue weighted by Crippen LogP contribution is -2.09. The number of unbranched alkanes of at least 4 members (excludes halogenated alkanes) is 2. The highest BCUT2D eigenvalue weighted by Crippen LogP contribution is 2.16. The van der Waals surface area contributed by atoms with E-state index >= 15 is 0 Å². The van der Waals surface area contributed by atoms with E-state index < -0.39 is 11.9 Å². The molecular formula is C20H22O4. The summed E-state index contributed by atoms with van der Waals surface area (Å²) in [5.41, 5.74) is 2.14. The first kappa shape index (κ1) is 17.7. The van der Waals surface area contributed by atoms with Gasteiger partial charge in [-0.15, -0.1) is 0 Å². The third-order valence-electron chi connectivity index (χ3n) is 3.74.